The predicted molar refractivity (Wildman–Crippen MR) is 79.5 cm³/mol. The standard InChI is InChI=1S/C15H23N3O2/c1-2-9-17-10-5-6-12(11-16)15(17)13-7-3-4-8-14(13)18(19)20/h3-4,7-8,12,15H,2,5-6,9-11,16H2,1H3. The summed E-state index contributed by atoms with van der Waals surface area (Å²) in [6.07, 6.45) is 3.22. The summed E-state index contributed by atoms with van der Waals surface area (Å²) in [5, 5.41) is 11.3. The number of piperidine rings is 1. The van der Waals surface area contributed by atoms with Crippen molar-refractivity contribution in [3.8, 4) is 0 Å². The van der Waals surface area contributed by atoms with Crippen LogP contribution in [-0.2, 0) is 0 Å². The quantitative estimate of drug-likeness (QED) is 0.663. The van der Waals surface area contributed by atoms with Crippen molar-refractivity contribution in [1.29, 1.82) is 0 Å². The van der Waals surface area contributed by atoms with Gasteiger partial charge in [0.05, 0.1) is 4.92 Å². The summed E-state index contributed by atoms with van der Waals surface area (Å²) in [4.78, 5) is 13.4. The first-order chi connectivity index (χ1) is 9.69. The third kappa shape index (κ3) is 2.99. The topological polar surface area (TPSA) is 72.4 Å². The zero-order valence-electron chi connectivity index (χ0n) is 12.0. The van der Waals surface area contributed by atoms with Gasteiger partial charge in [0.15, 0.2) is 0 Å². The van der Waals surface area contributed by atoms with Gasteiger partial charge in [-0.1, -0.05) is 25.1 Å². The molecule has 0 amide bonds. The minimum Gasteiger partial charge on any atom is -0.330 e. The second-order valence-electron chi connectivity index (χ2n) is 5.43. The highest BCUT2D eigenvalue weighted by molar-refractivity contribution is 5.42. The molecule has 1 heterocycles. The number of nitrogens with two attached hydrogens (primary N) is 1. The molecule has 5 heteroatoms. The summed E-state index contributed by atoms with van der Waals surface area (Å²) < 4.78 is 0. The van der Waals surface area contributed by atoms with Crippen LogP contribution in [0.5, 0.6) is 0 Å². The van der Waals surface area contributed by atoms with Crippen LogP contribution in [0.15, 0.2) is 24.3 Å². The Bertz CT molecular complexity index is 462. The Kier molecular flexibility index (Phi) is 5.09. The number of likely N-dealkylation sites (tertiary alicyclic amines) is 1. The largest absolute Gasteiger partial charge is 0.330 e. The lowest BCUT2D eigenvalue weighted by Gasteiger charge is -2.41. The number of hydrogen-bond acceptors (Lipinski definition) is 4. The molecule has 1 aromatic rings. The molecule has 0 radical (unpaired) electrons. The van der Waals surface area contributed by atoms with Gasteiger partial charge in [0.25, 0.3) is 5.69 Å². The van der Waals surface area contributed by atoms with Gasteiger partial charge in [-0.2, -0.15) is 0 Å². The van der Waals surface area contributed by atoms with Crippen LogP contribution in [0, 0.1) is 16.0 Å². The molecule has 1 fully saturated rings. The number of rotatable bonds is 5. The molecular formula is C15H23N3O2. The first kappa shape index (κ1) is 14.9. The van der Waals surface area contributed by atoms with Crippen molar-refractivity contribution in [3.05, 3.63) is 39.9 Å². The SMILES string of the molecule is CCCN1CCCC(CN)C1c1ccccc1[N+](=O)[O-]. The summed E-state index contributed by atoms with van der Waals surface area (Å²) in [7, 11) is 0. The van der Waals surface area contributed by atoms with Crippen LogP contribution in [0.2, 0.25) is 0 Å². The maximum absolute atomic E-state index is 11.3. The van der Waals surface area contributed by atoms with Crippen LogP contribution < -0.4 is 5.73 Å². The second kappa shape index (κ2) is 6.81. The Morgan fingerprint density at radius 2 is 2.20 bits per heavy atom. The van der Waals surface area contributed by atoms with Crippen LogP contribution in [-0.4, -0.2) is 29.5 Å². The zero-order chi connectivity index (χ0) is 14.5. The fourth-order valence-electron chi connectivity index (χ4n) is 3.29. The monoisotopic (exact) mass is 277 g/mol. The highest BCUT2D eigenvalue weighted by Gasteiger charge is 2.35. The Hall–Kier alpha value is -1.46. The summed E-state index contributed by atoms with van der Waals surface area (Å²) in [6, 6.07) is 7.18. The second-order valence-corrected chi connectivity index (χ2v) is 5.43. The van der Waals surface area contributed by atoms with Crippen LogP contribution in [0.3, 0.4) is 0 Å². The molecule has 1 aliphatic heterocycles. The van der Waals surface area contributed by atoms with Crippen molar-refractivity contribution in [2.24, 2.45) is 11.7 Å². The van der Waals surface area contributed by atoms with E-state index in [0.29, 0.717) is 12.5 Å². The molecule has 110 valence electrons. The van der Waals surface area contributed by atoms with Gasteiger partial charge in [-0.3, -0.25) is 15.0 Å². The van der Waals surface area contributed by atoms with Crippen molar-refractivity contribution >= 4 is 5.69 Å². The molecular weight excluding hydrogens is 254 g/mol. The average molecular weight is 277 g/mol. The lowest BCUT2D eigenvalue weighted by Crippen LogP contribution is -2.42. The van der Waals surface area contributed by atoms with Crippen LogP contribution in [0.1, 0.15) is 37.8 Å². The molecule has 0 bridgehead atoms. The average Bonchev–Trinajstić information content (AvgIpc) is 2.47. The van der Waals surface area contributed by atoms with Gasteiger partial charge < -0.3 is 5.73 Å². The summed E-state index contributed by atoms with van der Waals surface area (Å²) in [6.45, 7) is 4.69. The zero-order valence-corrected chi connectivity index (χ0v) is 12.0. The third-order valence-electron chi connectivity index (χ3n) is 4.13. The van der Waals surface area contributed by atoms with Gasteiger partial charge >= 0.3 is 0 Å². The van der Waals surface area contributed by atoms with Crippen molar-refractivity contribution < 1.29 is 4.92 Å². The van der Waals surface area contributed by atoms with E-state index in [9.17, 15) is 10.1 Å². The van der Waals surface area contributed by atoms with Crippen LogP contribution in [0.4, 0.5) is 5.69 Å². The highest BCUT2D eigenvalue weighted by atomic mass is 16.6. The fourth-order valence-corrected chi connectivity index (χ4v) is 3.29. The minimum absolute atomic E-state index is 0.0790. The van der Waals surface area contributed by atoms with Gasteiger partial charge in [0, 0.05) is 17.7 Å². The van der Waals surface area contributed by atoms with E-state index in [1.54, 1.807) is 12.1 Å². The van der Waals surface area contributed by atoms with Gasteiger partial charge in [-0.05, 0) is 44.8 Å². The number of nitro benzene ring substituents is 1. The van der Waals surface area contributed by atoms with E-state index in [1.807, 2.05) is 12.1 Å². The third-order valence-corrected chi connectivity index (χ3v) is 4.13. The van der Waals surface area contributed by atoms with E-state index in [2.05, 4.69) is 11.8 Å². The summed E-state index contributed by atoms with van der Waals surface area (Å²) >= 11 is 0. The fraction of sp³-hybridized carbons (Fsp3) is 0.600. The van der Waals surface area contributed by atoms with Gasteiger partial charge in [0.2, 0.25) is 0 Å². The van der Waals surface area contributed by atoms with E-state index < -0.39 is 0 Å². The Labute approximate surface area is 119 Å². The maximum Gasteiger partial charge on any atom is 0.274 e. The number of benzene rings is 1. The van der Waals surface area contributed by atoms with Crippen molar-refractivity contribution in [1.82, 2.24) is 4.90 Å². The van der Waals surface area contributed by atoms with Gasteiger partial charge in [0.1, 0.15) is 0 Å². The molecule has 5 nitrogen and oxygen atoms in total. The molecule has 0 aromatic heterocycles. The molecule has 2 N–H and O–H groups in total. The normalized spacial score (nSPS) is 23.7. The molecule has 0 spiro atoms. The first-order valence-corrected chi connectivity index (χ1v) is 7.36. The Morgan fingerprint density at radius 1 is 1.45 bits per heavy atom. The van der Waals surface area contributed by atoms with E-state index >= 15 is 0 Å². The highest BCUT2D eigenvalue weighted by Crippen LogP contribution is 2.39. The molecule has 2 atom stereocenters. The smallest absolute Gasteiger partial charge is 0.274 e. The number of nitro groups is 1. The first-order valence-electron chi connectivity index (χ1n) is 7.36. The summed E-state index contributed by atoms with van der Waals surface area (Å²) in [5.41, 5.74) is 6.96. The van der Waals surface area contributed by atoms with Crippen LogP contribution >= 0.6 is 0 Å². The molecule has 0 saturated carbocycles. The molecule has 1 saturated heterocycles. The van der Waals surface area contributed by atoms with E-state index in [0.717, 1.165) is 37.9 Å². The van der Waals surface area contributed by atoms with E-state index in [-0.39, 0.29) is 16.7 Å². The summed E-state index contributed by atoms with van der Waals surface area (Å²) in [5.74, 6) is 0.302. The molecule has 0 aliphatic carbocycles. The Balaban J connectivity index is 2.40. The molecule has 2 rings (SSSR count). The minimum atomic E-state index is -0.276. The predicted octanol–water partition coefficient (Wildman–Crippen LogP) is 2.72. The number of hydrogen-bond donors (Lipinski definition) is 1. The van der Waals surface area contributed by atoms with Crippen LogP contribution in [0.25, 0.3) is 0 Å². The maximum atomic E-state index is 11.3. The molecule has 1 aromatic carbocycles. The Morgan fingerprint density at radius 3 is 2.85 bits per heavy atom. The molecule has 2 unspecified atom stereocenters. The van der Waals surface area contributed by atoms with Gasteiger partial charge in [-0.25, -0.2) is 0 Å². The number of para-hydroxylation sites is 1. The lowest BCUT2D eigenvalue weighted by atomic mass is 9.84. The van der Waals surface area contributed by atoms with E-state index in [1.165, 1.54) is 0 Å². The van der Waals surface area contributed by atoms with Gasteiger partial charge in [-0.15, -0.1) is 0 Å². The molecule has 1 aliphatic rings. The molecule has 20 heavy (non-hydrogen) atoms. The lowest BCUT2D eigenvalue weighted by molar-refractivity contribution is -0.386. The number of nitrogens with zero attached hydrogens (tertiary/aromatic N) is 2. The van der Waals surface area contributed by atoms with Crippen molar-refractivity contribution in [3.63, 3.8) is 0 Å². The van der Waals surface area contributed by atoms with Crippen molar-refractivity contribution in [2.75, 3.05) is 19.6 Å². The van der Waals surface area contributed by atoms with Crippen molar-refractivity contribution in [2.45, 2.75) is 32.2 Å². The van der Waals surface area contributed by atoms with E-state index in [4.69, 9.17) is 5.73 Å².